The van der Waals surface area contributed by atoms with Gasteiger partial charge in [0.15, 0.2) is 0 Å². The first-order chi connectivity index (χ1) is 21.6. The van der Waals surface area contributed by atoms with Crippen LogP contribution in [0.25, 0.3) is 10.4 Å². The van der Waals surface area contributed by atoms with E-state index >= 15 is 0 Å². The van der Waals surface area contributed by atoms with Crippen LogP contribution in [0.3, 0.4) is 0 Å². The molecule has 1 N–H and O–H groups in total. The van der Waals surface area contributed by atoms with E-state index in [9.17, 15) is 5.11 Å². The van der Waals surface area contributed by atoms with Crippen molar-refractivity contribution in [2.24, 2.45) is 0 Å². The lowest BCUT2D eigenvalue weighted by atomic mass is 9.99. The van der Waals surface area contributed by atoms with Gasteiger partial charge in [0, 0.05) is 89.7 Å². The van der Waals surface area contributed by atoms with Crippen LogP contribution in [-0.4, -0.2) is 77.1 Å². The highest BCUT2D eigenvalue weighted by Crippen LogP contribution is 2.39. The molecule has 0 spiro atoms. The van der Waals surface area contributed by atoms with Crippen molar-refractivity contribution in [3.63, 3.8) is 0 Å². The normalized spacial score (nSPS) is 17.3. The highest BCUT2D eigenvalue weighted by atomic mass is 32.9. The summed E-state index contributed by atoms with van der Waals surface area (Å²) in [6.07, 6.45) is 2.09. The highest BCUT2D eigenvalue weighted by molar-refractivity contribution is 7.80. The van der Waals surface area contributed by atoms with Gasteiger partial charge in [-0.05, 0) is 40.8 Å². The maximum Gasteiger partial charge on any atom is 0.124 e. The number of hydrogen-bond acceptors (Lipinski definition) is 8. The molecule has 4 aromatic rings. The van der Waals surface area contributed by atoms with Crippen LogP contribution in [0.4, 0.5) is 0 Å². The molecule has 5 nitrogen and oxygen atoms in total. The predicted octanol–water partition coefficient (Wildman–Crippen LogP) is 7.50. The minimum Gasteiger partial charge on any atom is -0.507 e. The zero-order valence-corrected chi connectivity index (χ0v) is 28.2. The molecular formula is C36H44N4OS3. The third kappa shape index (κ3) is 8.04. The first kappa shape index (κ1) is 31.5. The molecule has 0 atom stereocenters. The Balaban J connectivity index is 1.17. The third-order valence-electron chi connectivity index (χ3n) is 8.97. The Morgan fingerprint density at radius 2 is 1.07 bits per heavy atom. The molecule has 2 aliphatic heterocycles. The molecule has 0 radical (unpaired) electrons. The summed E-state index contributed by atoms with van der Waals surface area (Å²) < 4.78 is 1.02. The number of phenols is 1. The molecule has 2 aliphatic rings. The number of hydrogen-bond donors (Lipinski definition) is 1. The maximum atomic E-state index is 11.7. The van der Waals surface area contributed by atoms with Gasteiger partial charge in [0.05, 0.1) is 4.88 Å². The smallest absolute Gasteiger partial charge is 0.124 e. The fraction of sp³-hybridized carbons (Fsp3) is 0.417. The fourth-order valence-corrected chi connectivity index (χ4v) is 9.46. The topological polar surface area (TPSA) is 33.2 Å². The van der Waals surface area contributed by atoms with Gasteiger partial charge in [-0.3, -0.25) is 19.6 Å². The maximum absolute atomic E-state index is 11.7. The molecule has 0 aliphatic carbocycles. The molecular weight excluding hydrogens is 601 g/mol. The number of nitrogens with zero attached hydrogens (tertiary/aromatic N) is 4. The second-order valence-corrected chi connectivity index (χ2v) is 15.0. The standard InChI is InChI=1S/C36H44N4OS3/c1-2-9-33-35(43-44-36(33)42)30-22-31(26-39-18-14-37(15-19-39)24-28-10-5-3-6-11-28)34(41)32(23-30)27-40-20-16-38(17-21-40)25-29-12-7-4-8-13-29/h3-8,10-13,22-23,41H,2,9,14-21,24-27H2,1H3. The van der Waals surface area contributed by atoms with E-state index in [4.69, 9.17) is 12.2 Å². The lowest BCUT2D eigenvalue weighted by Crippen LogP contribution is -2.45. The fourth-order valence-electron chi connectivity index (χ4n) is 6.47. The number of phenolic OH excluding ortho intramolecular Hbond substituents is 1. The highest BCUT2D eigenvalue weighted by Gasteiger charge is 2.23. The Labute approximate surface area is 275 Å². The molecule has 1 aromatic heterocycles. The first-order valence-corrected chi connectivity index (χ1v) is 18.6. The molecule has 2 saturated heterocycles. The molecule has 0 unspecified atom stereocenters. The zero-order valence-electron chi connectivity index (χ0n) is 25.8. The minimum atomic E-state index is 0.475. The zero-order chi connectivity index (χ0) is 30.3. The van der Waals surface area contributed by atoms with Crippen LogP contribution in [0.5, 0.6) is 5.75 Å². The molecule has 3 heterocycles. The van der Waals surface area contributed by atoms with Gasteiger partial charge < -0.3 is 5.11 Å². The minimum absolute atomic E-state index is 0.475. The van der Waals surface area contributed by atoms with Crippen LogP contribution in [0.2, 0.25) is 0 Å². The van der Waals surface area contributed by atoms with Crippen molar-refractivity contribution in [1.82, 2.24) is 19.6 Å². The number of piperazine rings is 2. The summed E-state index contributed by atoms with van der Waals surface area (Å²) in [6, 6.07) is 26.0. The van der Waals surface area contributed by atoms with Crippen LogP contribution in [-0.2, 0) is 32.6 Å². The van der Waals surface area contributed by atoms with E-state index in [0.717, 1.165) is 106 Å². The van der Waals surface area contributed by atoms with Crippen LogP contribution < -0.4 is 0 Å². The van der Waals surface area contributed by atoms with Crippen molar-refractivity contribution in [3.05, 3.63) is 104 Å². The van der Waals surface area contributed by atoms with Crippen LogP contribution >= 0.6 is 32.9 Å². The van der Waals surface area contributed by atoms with Crippen molar-refractivity contribution in [1.29, 1.82) is 0 Å². The van der Waals surface area contributed by atoms with Crippen molar-refractivity contribution >= 4 is 32.9 Å². The van der Waals surface area contributed by atoms with E-state index in [1.165, 1.54) is 27.1 Å². The first-order valence-electron chi connectivity index (χ1n) is 16.0. The molecule has 0 bridgehead atoms. The number of aromatic hydroxyl groups is 1. The summed E-state index contributed by atoms with van der Waals surface area (Å²) in [5.41, 5.74) is 7.37. The third-order valence-corrected chi connectivity index (χ3v) is 12.2. The summed E-state index contributed by atoms with van der Waals surface area (Å²) in [5, 5.41) is 11.7. The molecule has 0 amide bonds. The molecule has 0 saturated carbocycles. The van der Waals surface area contributed by atoms with Gasteiger partial charge in [0.2, 0.25) is 0 Å². The van der Waals surface area contributed by atoms with Gasteiger partial charge in [-0.1, -0.05) is 107 Å². The van der Waals surface area contributed by atoms with Gasteiger partial charge in [-0.2, -0.15) is 0 Å². The Kier molecular flexibility index (Phi) is 10.9. The van der Waals surface area contributed by atoms with E-state index < -0.39 is 0 Å². The molecule has 232 valence electrons. The van der Waals surface area contributed by atoms with Crippen molar-refractivity contribution in [2.75, 3.05) is 52.4 Å². The van der Waals surface area contributed by atoms with E-state index in [1.807, 2.05) is 0 Å². The predicted molar refractivity (Wildman–Crippen MR) is 188 cm³/mol. The summed E-state index contributed by atoms with van der Waals surface area (Å²) >= 11 is 5.76. The van der Waals surface area contributed by atoms with Crippen LogP contribution in [0, 0.1) is 3.82 Å². The molecule has 8 heteroatoms. The SMILES string of the molecule is CCCc1c(-c2cc(CN3CCN(Cc4ccccc4)CC3)c(O)c(CN3CCN(Cc4ccccc4)CC3)c2)ssc1=S. The average molecular weight is 645 g/mol. The molecule has 2 fully saturated rings. The monoisotopic (exact) mass is 644 g/mol. The quantitative estimate of drug-likeness (QED) is 0.135. The summed E-state index contributed by atoms with van der Waals surface area (Å²) in [7, 11) is 3.52. The lowest BCUT2D eigenvalue weighted by Gasteiger charge is -2.36. The van der Waals surface area contributed by atoms with Gasteiger partial charge in [-0.25, -0.2) is 0 Å². The van der Waals surface area contributed by atoms with Crippen molar-refractivity contribution in [3.8, 4) is 16.2 Å². The van der Waals surface area contributed by atoms with Gasteiger partial charge in [-0.15, -0.1) is 0 Å². The number of rotatable bonds is 11. The van der Waals surface area contributed by atoms with Crippen molar-refractivity contribution < 1.29 is 5.11 Å². The van der Waals surface area contributed by atoms with Crippen LogP contribution in [0.1, 0.15) is 41.2 Å². The largest absolute Gasteiger partial charge is 0.507 e. The summed E-state index contributed by atoms with van der Waals surface area (Å²) in [5.74, 6) is 0.475. The lowest BCUT2D eigenvalue weighted by molar-refractivity contribution is 0.119. The van der Waals surface area contributed by atoms with Crippen LogP contribution in [0.15, 0.2) is 72.8 Å². The van der Waals surface area contributed by atoms with E-state index in [-0.39, 0.29) is 0 Å². The Morgan fingerprint density at radius 3 is 1.50 bits per heavy atom. The van der Waals surface area contributed by atoms with E-state index in [0.29, 0.717) is 5.75 Å². The van der Waals surface area contributed by atoms with Gasteiger partial charge >= 0.3 is 0 Å². The van der Waals surface area contributed by atoms with E-state index in [2.05, 4.69) is 99.3 Å². The Hall–Kier alpha value is -2.43. The summed E-state index contributed by atoms with van der Waals surface area (Å²) in [6.45, 7) is 14.0. The van der Waals surface area contributed by atoms with Gasteiger partial charge in [0.1, 0.15) is 9.57 Å². The molecule has 6 rings (SSSR count). The molecule has 3 aromatic carbocycles. The molecule has 44 heavy (non-hydrogen) atoms. The summed E-state index contributed by atoms with van der Waals surface area (Å²) in [4.78, 5) is 11.4. The number of benzene rings is 3. The second-order valence-electron chi connectivity index (χ2n) is 12.2. The van der Waals surface area contributed by atoms with Crippen molar-refractivity contribution in [2.45, 2.75) is 45.9 Å². The van der Waals surface area contributed by atoms with E-state index in [1.54, 1.807) is 20.7 Å². The average Bonchev–Trinajstić information content (AvgIpc) is 3.42. The Bertz CT molecular complexity index is 1450. The van der Waals surface area contributed by atoms with Gasteiger partial charge in [0.25, 0.3) is 0 Å². The Morgan fingerprint density at radius 1 is 0.636 bits per heavy atom. The second kappa shape index (κ2) is 15.2.